The first kappa shape index (κ1) is 26.3. The van der Waals surface area contributed by atoms with E-state index in [1.807, 2.05) is 52.0 Å². The Morgan fingerprint density at radius 1 is 1.03 bits per heavy atom. The fraction of sp³-hybridized carbons (Fsp3) is 0.310. The second-order valence-corrected chi connectivity index (χ2v) is 10.9. The average molecular weight is 533 g/mol. The molecule has 1 aliphatic carbocycles. The van der Waals surface area contributed by atoms with Gasteiger partial charge in [0.05, 0.1) is 16.9 Å². The third kappa shape index (κ3) is 5.04. The van der Waals surface area contributed by atoms with Crippen LogP contribution in [-0.2, 0) is 14.0 Å². The van der Waals surface area contributed by atoms with Gasteiger partial charge >= 0.3 is 13.2 Å². The summed E-state index contributed by atoms with van der Waals surface area (Å²) in [6.07, 6.45) is 1.18. The molecule has 0 unspecified atom stereocenters. The van der Waals surface area contributed by atoms with Crippen LogP contribution in [0.15, 0.2) is 66.1 Å². The summed E-state index contributed by atoms with van der Waals surface area (Å²) in [6, 6.07) is 19.5. The smallest absolute Gasteiger partial charge is 0.492 e. The highest BCUT2D eigenvalue weighted by molar-refractivity contribution is 6.56. The highest BCUT2D eigenvalue weighted by atomic mass is 35.5. The van der Waals surface area contributed by atoms with E-state index in [9.17, 15) is 9.90 Å². The molecule has 0 radical (unpaired) electrons. The number of benzene rings is 2. The summed E-state index contributed by atoms with van der Waals surface area (Å²) in [4.78, 5) is 17.0. The molecule has 1 fully saturated rings. The molecule has 0 atom stereocenters. The van der Waals surface area contributed by atoms with Crippen molar-refractivity contribution in [1.82, 2.24) is 10.3 Å². The summed E-state index contributed by atoms with van der Waals surface area (Å²) < 4.78 is 18.1. The number of ether oxygens (including phenoxy) is 1. The van der Waals surface area contributed by atoms with Gasteiger partial charge in [-0.2, -0.15) is 0 Å². The van der Waals surface area contributed by atoms with Crippen molar-refractivity contribution in [1.29, 1.82) is 0 Å². The SMILES string of the molecule is CC1(C)OB(C(=Cc2ccc(O)c(Cl)n2)CNC(=O)OCC2c3ccccc3-c3ccccc32)OC1(C)C. The maximum Gasteiger partial charge on any atom is 0.492 e. The molecule has 1 aliphatic heterocycles. The van der Waals surface area contributed by atoms with Gasteiger partial charge in [0.2, 0.25) is 0 Å². The molecule has 2 heterocycles. The van der Waals surface area contributed by atoms with Crippen LogP contribution in [-0.4, -0.2) is 47.7 Å². The summed E-state index contributed by atoms with van der Waals surface area (Å²) in [5, 5.41) is 12.6. The van der Waals surface area contributed by atoms with Gasteiger partial charge in [-0.3, -0.25) is 0 Å². The van der Waals surface area contributed by atoms with E-state index in [0.29, 0.717) is 11.2 Å². The maximum atomic E-state index is 12.8. The third-order valence-electron chi connectivity index (χ3n) is 7.52. The molecular weight excluding hydrogens is 503 g/mol. The van der Waals surface area contributed by atoms with Crippen LogP contribution in [0.3, 0.4) is 0 Å². The van der Waals surface area contributed by atoms with Crippen LogP contribution in [0.1, 0.15) is 50.4 Å². The molecule has 7 nitrogen and oxygen atoms in total. The second kappa shape index (κ2) is 10.1. The standard InChI is InChI=1S/C29H30BClN2O5/c1-28(2)29(3,4)38-30(37-28)18(15-19-13-14-25(34)26(31)33-19)16-32-27(35)36-17-24-22-11-7-5-9-20(22)21-10-6-8-12-23(21)24/h5-15,24,34H,16-17H2,1-4H3,(H,32,35). The van der Waals surface area contributed by atoms with Gasteiger partial charge in [0.15, 0.2) is 10.9 Å². The zero-order chi connectivity index (χ0) is 27.1. The maximum absolute atomic E-state index is 12.8. The number of fused-ring (bicyclic) bond motifs is 3. The number of aromatic hydroxyl groups is 1. The molecule has 196 valence electrons. The van der Waals surface area contributed by atoms with Crippen molar-refractivity contribution in [3.05, 3.63) is 88.1 Å². The number of carbonyl (C=O) groups excluding carboxylic acids is 1. The molecule has 2 aliphatic rings. The number of rotatable bonds is 6. The summed E-state index contributed by atoms with van der Waals surface area (Å²) in [6.45, 7) is 8.15. The minimum absolute atomic E-state index is 0.0171. The van der Waals surface area contributed by atoms with Crippen LogP contribution in [0.2, 0.25) is 5.15 Å². The van der Waals surface area contributed by atoms with Gasteiger partial charge in [0.25, 0.3) is 0 Å². The average Bonchev–Trinajstić information content (AvgIpc) is 3.31. The van der Waals surface area contributed by atoms with Crippen LogP contribution in [0.4, 0.5) is 4.79 Å². The number of aromatic nitrogens is 1. The molecule has 1 saturated heterocycles. The van der Waals surface area contributed by atoms with E-state index in [4.69, 9.17) is 25.6 Å². The molecule has 0 saturated carbocycles. The zero-order valence-electron chi connectivity index (χ0n) is 21.8. The number of carbonyl (C=O) groups is 1. The van der Waals surface area contributed by atoms with Crippen LogP contribution < -0.4 is 5.32 Å². The predicted octanol–water partition coefficient (Wildman–Crippen LogP) is 5.99. The molecule has 2 N–H and O–H groups in total. The Balaban J connectivity index is 1.30. The number of nitrogens with one attached hydrogen (secondary N) is 1. The fourth-order valence-corrected chi connectivity index (χ4v) is 4.89. The molecule has 5 rings (SSSR count). The molecule has 38 heavy (non-hydrogen) atoms. The van der Waals surface area contributed by atoms with Gasteiger partial charge in [0, 0.05) is 12.5 Å². The van der Waals surface area contributed by atoms with Crippen molar-refractivity contribution in [2.75, 3.05) is 13.2 Å². The predicted molar refractivity (Wildman–Crippen MR) is 148 cm³/mol. The number of pyridine rings is 1. The minimum Gasteiger partial charge on any atom is -0.505 e. The minimum atomic E-state index is -0.719. The monoisotopic (exact) mass is 532 g/mol. The highest BCUT2D eigenvalue weighted by Gasteiger charge is 2.52. The quantitative estimate of drug-likeness (QED) is 0.299. The molecule has 9 heteroatoms. The summed E-state index contributed by atoms with van der Waals surface area (Å²) in [5.41, 5.74) is 4.62. The molecule has 0 bridgehead atoms. The summed E-state index contributed by atoms with van der Waals surface area (Å²) in [7, 11) is -0.719. The van der Waals surface area contributed by atoms with Gasteiger partial charge < -0.3 is 24.5 Å². The Morgan fingerprint density at radius 3 is 2.18 bits per heavy atom. The lowest BCUT2D eigenvalue weighted by Gasteiger charge is -2.32. The topological polar surface area (TPSA) is 89.9 Å². The van der Waals surface area contributed by atoms with Crippen molar-refractivity contribution >= 4 is 30.9 Å². The first-order valence-corrected chi connectivity index (χ1v) is 12.9. The van der Waals surface area contributed by atoms with Crippen LogP contribution in [0.25, 0.3) is 17.2 Å². The number of halogens is 1. The van der Waals surface area contributed by atoms with E-state index in [0.717, 1.165) is 11.1 Å². The second-order valence-electron chi connectivity index (χ2n) is 10.5. The molecule has 1 amide bonds. The van der Waals surface area contributed by atoms with E-state index in [1.165, 1.54) is 17.2 Å². The fourth-order valence-electron chi connectivity index (χ4n) is 4.73. The van der Waals surface area contributed by atoms with Gasteiger partial charge in [-0.15, -0.1) is 0 Å². The number of nitrogens with zero attached hydrogens (tertiary/aromatic N) is 1. The molecule has 3 aromatic rings. The van der Waals surface area contributed by atoms with Crippen molar-refractivity contribution in [2.24, 2.45) is 0 Å². The van der Waals surface area contributed by atoms with E-state index in [2.05, 4.69) is 34.6 Å². The van der Waals surface area contributed by atoms with E-state index < -0.39 is 24.4 Å². The first-order valence-electron chi connectivity index (χ1n) is 12.6. The lowest BCUT2D eigenvalue weighted by atomic mass is 9.77. The Hall–Kier alpha value is -3.33. The lowest BCUT2D eigenvalue weighted by Crippen LogP contribution is -2.41. The molecule has 0 spiro atoms. The van der Waals surface area contributed by atoms with Crippen LogP contribution in [0.5, 0.6) is 5.75 Å². The van der Waals surface area contributed by atoms with Crippen molar-refractivity contribution < 1.29 is 23.9 Å². The number of hydrogen-bond acceptors (Lipinski definition) is 6. The molecular formula is C29H30BClN2O5. The number of amides is 1. The number of hydrogen-bond donors (Lipinski definition) is 2. The van der Waals surface area contributed by atoms with Crippen LogP contribution >= 0.6 is 11.6 Å². The van der Waals surface area contributed by atoms with Crippen molar-refractivity contribution in [2.45, 2.75) is 44.8 Å². The van der Waals surface area contributed by atoms with Gasteiger partial charge in [-0.05, 0) is 73.6 Å². The van der Waals surface area contributed by atoms with E-state index >= 15 is 0 Å². The largest absolute Gasteiger partial charge is 0.505 e. The van der Waals surface area contributed by atoms with Gasteiger partial charge in [-0.25, -0.2) is 9.78 Å². The van der Waals surface area contributed by atoms with E-state index in [1.54, 1.807) is 12.1 Å². The summed E-state index contributed by atoms with van der Waals surface area (Å²) in [5.74, 6) is -0.146. The Bertz CT molecular complexity index is 1350. The van der Waals surface area contributed by atoms with Crippen LogP contribution in [0, 0.1) is 0 Å². The van der Waals surface area contributed by atoms with E-state index in [-0.39, 0.29) is 30.0 Å². The number of alkyl carbamates (subject to hydrolysis) is 1. The Labute approximate surface area is 227 Å². The van der Waals surface area contributed by atoms with Gasteiger partial charge in [-0.1, -0.05) is 60.1 Å². The zero-order valence-corrected chi connectivity index (χ0v) is 22.6. The lowest BCUT2D eigenvalue weighted by molar-refractivity contribution is 0.00578. The van der Waals surface area contributed by atoms with Gasteiger partial charge in [0.1, 0.15) is 6.61 Å². The van der Waals surface area contributed by atoms with Crippen molar-refractivity contribution in [3.63, 3.8) is 0 Å². The highest BCUT2D eigenvalue weighted by Crippen LogP contribution is 2.44. The normalized spacial score (nSPS) is 17.7. The Kier molecular flexibility index (Phi) is 6.98. The Morgan fingerprint density at radius 2 is 1.61 bits per heavy atom. The summed E-state index contributed by atoms with van der Waals surface area (Å²) >= 11 is 6.01. The van der Waals surface area contributed by atoms with Crippen molar-refractivity contribution in [3.8, 4) is 16.9 Å². The molecule has 1 aromatic heterocycles. The third-order valence-corrected chi connectivity index (χ3v) is 7.80. The molecule has 2 aromatic carbocycles. The first-order chi connectivity index (χ1) is 18.1.